The second-order valence-corrected chi connectivity index (χ2v) is 6.24. The molecule has 0 aliphatic rings. The summed E-state index contributed by atoms with van der Waals surface area (Å²) in [5.41, 5.74) is 1.16. The quantitative estimate of drug-likeness (QED) is 0.620. The smallest absolute Gasteiger partial charge is 0.422 e. The average molecular weight is 411 g/mol. The Morgan fingerprint density at radius 3 is 2.38 bits per heavy atom. The maximum absolute atomic E-state index is 12.5. The summed E-state index contributed by atoms with van der Waals surface area (Å²) in [5.74, 6) is -0.609. The normalized spacial score (nSPS) is 13.2. The molecule has 0 unspecified atom stereocenters. The Morgan fingerprint density at radius 2 is 1.83 bits per heavy atom. The summed E-state index contributed by atoms with van der Waals surface area (Å²) < 4.78 is 41.1. The summed E-state index contributed by atoms with van der Waals surface area (Å²) in [4.78, 5) is 27.6. The molecule has 10 heteroatoms. The summed E-state index contributed by atoms with van der Waals surface area (Å²) in [6.45, 7) is 0.194. The number of rotatable bonds is 8. The van der Waals surface area contributed by atoms with Gasteiger partial charge in [-0.25, -0.2) is 4.79 Å². The lowest BCUT2D eigenvalue weighted by molar-refractivity contribution is -0.153. The number of benzene rings is 1. The van der Waals surface area contributed by atoms with Crippen LogP contribution in [0.25, 0.3) is 0 Å². The van der Waals surface area contributed by atoms with Gasteiger partial charge in [-0.05, 0) is 24.6 Å². The number of hydrogen-bond donors (Lipinski definition) is 3. The van der Waals surface area contributed by atoms with Gasteiger partial charge in [0.05, 0.1) is 17.9 Å². The monoisotopic (exact) mass is 411 g/mol. The van der Waals surface area contributed by atoms with Gasteiger partial charge in [0.2, 0.25) is 5.91 Å². The second-order valence-electron chi connectivity index (χ2n) is 6.24. The van der Waals surface area contributed by atoms with E-state index in [-0.39, 0.29) is 12.2 Å². The predicted octanol–water partition coefficient (Wildman–Crippen LogP) is 3.08. The van der Waals surface area contributed by atoms with E-state index in [4.69, 9.17) is 5.11 Å². The molecule has 1 aromatic carbocycles. The largest absolute Gasteiger partial charge is 0.483 e. The van der Waals surface area contributed by atoms with Crippen LogP contribution in [0.2, 0.25) is 0 Å². The number of alkyl halides is 3. The van der Waals surface area contributed by atoms with E-state index in [2.05, 4.69) is 20.4 Å². The first-order valence-electron chi connectivity index (χ1n) is 8.63. The first kappa shape index (κ1) is 22.0. The van der Waals surface area contributed by atoms with E-state index in [0.29, 0.717) is 5.69 Å². The lowest BCUT2D eigenvalue weighted by Crippen LogP contribution is -2.48. The molecule has 2 amide bonds. The number of nitrogens with zero attached hydrogens (tertiary/aromatic N) is 1. The van der Waals surface area contributed by atoms with Crippen molar-refractivity contribution in [2.24, 2.45) is 0 Å². The molecule has 3 N–H and O–H groups in total. The first-order chi connectivity index (χ1) is 13.6. The van der Waals surface area contributed by atoms with E-state index in [1.807, 2.05) is 0 Å². The number of hydrogen-bond acceptors (Lipinski definition) is 4. The molecule has 29 heavy (non-hydrogen) atoms. The number of ether oxygens (including phenoxy) is 1. The van der Waals surface area contributed by atoms with Crippen LogP contribution >= 0.6 is 0 Å². The van der Waals surface area contributed by atoms with Gasteiger partial charge in [-0.2, -0.15) is 13.2 Å². The van der Waals surface area contributed by atoms with Crippen molar-refractivity contribution < 1.29 is 32.6 Å². The molecule has 2 aromatic rings. The fourth-order valence-electron chi connectivity index (χ4n) is 2.49. The highest BCUT2D eigenvalue weighted by molar-refractivity contribution is 5.85. The van der Waals surface area contributed by atoms with Gasteiger partial charge in [0.25, 0.3) is 0 Å². The standard InChI is InChI=1S/C19H20F3N3O4/c1-12(15-8-7-14(10-23-15)29-11-19(20,21)22)24-17(26)16(25-18(27)28)9-13-5-3-2-4-6-13/h2-8,10,12,16,25H,9,11H2,1H3,(H,24,26)(H,27,28)/t12-,16+/m1/s1. The molecule has 1 heterocycles. The van der Waals surface area contributed by atoms with Gasteiger partial charge in [-0.15, -0.1) is 0 Å². The Kier molecular flexibility index (Phi) is 7.40. The first-order valence-corrected chi connectivity index (χ1v) is 8.63. The zero-order valence-electron chi connectivity index (χ0n) is 15.4. The van der Waals surface area contributed by atoms with Gasteiger partial charge in [0.15, 0.2) is 6.61 Å². The van der Waals surface area contributed by atoms with E-state index in [0.717, 1.165) is 11.8 Å². The van der Waals surface area contributed by atoms with Crippen molar-refractivity contribution in [1.29, 1.82) is 0 Å². The van der Waals surface area contributed by atoms with Crippen LogP contribution in [-0.4, -0.2) is 40.9 Å². The Labute approximate surface area is 164 Å². The average Bonchev–Trinajstić information content (AvgIpc) is 2.66. The number of nitrogens with one attached hydrogen (secondary N) is 2. The second kappa shape index (κ2) is 9.76. The van der Waals surface area contributed by atoms with Gasteiger partial charge in [-0.1, -0.05) is 30.3 Å². The molecule has 0 saturated carbocycles. The molecule has 0 spiro atoms. The molecule has 156 valence electrons. The fourth-order valence-corrected chi connectivity index (χ4v) is 2.49. The van der Waals surface area contributed by atoms with E-state index >= 15 is 0 Å². The molecule has 0 aliphatic heterocycles. The summed E-state index contributed by atoms with van der Waals surface area (Å²) in [6.07, 6.45) is -4.51. The van der Waals surface area contributed by atoms with Crippen LogP contribution in [0.15, 0.2) is 48.7 Å². The Bertz CT molecular complexity index is 814. The number of halogens is 3. The van der Waals surface area contributed by atoms with Crippen LogP contribution in [0.1, 0.15) is 24.2 Å². The van der Waals surface area contributed by atoms with Gasteiger partial charge in [0.1, 0.15) is 11.8 Å². The van der Waals surface area contributed by atoms with E-state index in [9.17, 15) is 22.8 Å². The van der Waals surface area contributed by atoms with Crippen LogP contribution in [0.5, 0.6) is 5.75 Å². The molecule has 2 atom stereocenters. The van der Waals surface area contributed by atoms with Crippen LogP contribution in [-0.2, 0) is 11.2 Å². The molecule has 0 fully saturated rings. The zero-order chi connectivity index (χ0) is 21.4. The molecule has 0 bridgehead atoms. The summed E-state index contributed by atoms with van der Waals surface area (Å²) in [6, 6.07) is 10.0. The lowest BCUT2D eigenvalue weighted by Gasteiger charge is -2.20. The van der Waals surface area contributed by atoms with Crippen molar-refractivity contribution in [3.63, 3.8) is 0 Å². The topological polar surface area (TPSA) is 101 Å². The SMILES string of the molecule is C[C@@H](NC(=O)[C@H](Cc1ccccc1)NC(=O)O)c1ccc(OCC(F)(F)F)cn1. The Balaban J connectivity index is 1.99. The number of carbonyl (C=O) groups excluding carboxylic acids is 1. The van der Waals surface area contributed by atoms with Crippen molar-refractivity contribution >= 4 is 12.0 Å². The van der Waals surface area contributed by atoms with E-state index in [1.165, 1.54) is 12.1 Å². The van der Waals surface area contributed by atoms with Gasteiger partial charge in [0, 0.05) is 6.42 Å². The van der Waals surface area contributed by atoms with Crippen molar-refractivity contribution in [2.75, 3.05) is 6.61 Å². The third-order valence-electron chi connectivity index (χ3n) is 3.86. The van der Waals surface area contributed by atoms with Crippen molar-refractivity contribution in [2.45, 2.75) is 31.6 Å². The van der Waals surface area contributed by atoms with Crippen LogP contribution in [0.3, 0.4) is 0 Å². The zero-order valence-corrected chi connectivity index (χ0v) is 15.4. The summed E-state index contributed by atoms with van der Waals surface area (Å²) >= 11 is 0. The Hall–Kier alpha value is -3.30. The molecular weight excluding hydrogens is 391 g/mol. The van der Waals surface area contributed by atoms with Crippen LogP contribution in [0, 0.1) is 0 Å². The van der Waals surface area contributed by atoms with Gasteiger partial charge in [-0.3, -0.25) is 9.78 Å². The maximum atomic E-state index is 12.5. The predicted molar refractivity (Wildman–Crippen MR) is 97.4 cm³/mol. The van der Waals surface area contributed by atoms with Gasteiger partial charge >= 0.3 is 12.3 Å². The molecular formula is C19H20F3N3O4. The molecule has 7 nitrogen and oxygen atoms in total. The minimum Gasteiger partial charge on any atom is -0.483 e. The third-order valence-corrected chi connectivity index (χ3v) is 3.86. The van der Waals surface area contributed by atoms with Crippen molar-refractivity contribution in [3.8, 4) is 5.75 Å². The fraction of sp³-hybridized carbons (Fsp3) is 0.316. The Morgan fingerprint density at radius 1 is 1.14 bits per heavy atom. The minimum absolute atomic E-state index is 0.0564. The number of amides is 2. The number of carbonyl (C=O) groups is 2. The van der Waals surface area contributed by atoms with E-state index in [1.54, 1.807) is 37.3 Å². The van der Waals surface area contributed by atoms with Crippen molar-refractivity contribution in [3.05, 3.63) is 59.9 Å². The lowest BCUT2D eigenvalue weighted by atomic mass is 10.0. The highest BCUT2D eigenvalue weighted by Gasteiger charge is 2.28. The van der Waals surface area contributed by atoms with Crippen LogP contribution < -0.4 is 15.4 Å². The molecule has 1 aromatic heterocycles. The minimum atomic E-state index is -4.45. The molecule has 0 saturated heterocycles. The van der Waals surface area contributed by atoms with E-state index < -0.39 is 36.9 Å². The maximum Gasteiger partial charge on any atom is 0.422 e. The summed E-state index contributed by atoms with van der Waals surface area (Å²) in [7, 11) is 0. The number of aromatic nitrogens is 1. The molecule has 0 aliphatic carbocycles. The van der Waals surface area contributed by atoms with Crippen molar-refractivity contribution in [1.82, 2.24) is 15.6 Å². The number of carboxylic acid groups (broad SMARTS) is 1. The molecule has 2 rings (SSSR count). The third kappa shape index (κ3) is 7.68. The van der Waals surface area contributed by atoms with Gasteiger partial charge < -0.3 is 20.5 Å². The summed E-state index contributed by atoms with van der Waals surface area (Å²) in [5, 5.41) is 13.8. The van der Waals surface area contributed by atoms with Crippen LogP contribution in [0.4, 0.5) is 18.0 Å². The highest BCUT2D eigenvalue weighted by atomic mass is 19.4. The number of pyridine rings is 1. The highest BCUT2D eigenvalue weighted by Crippen LogP contribution is 2.19. The molecule has 0 radical (unpaired) electrons.